The first-order valence-corrected chi connectivity index (χ1v) is 7.73. The molecule has 0 saturated heterocycles. The van der Waals surface area contributed by atoms with Crippen molar-refractivity contribution in [2.75, 3.05) is 12.8 Å². The number of nitrogens with two attached hydrogens (primary N) is 1. The summed E-state index contributed by atoms with van der Waals surface area (Å²) in [5.74, 6) is 0.109. The summed E-state index contributed by atoms with van der Waals surface area (Å²) >= 11 is 5.76. The van der Waals surface area contributed by atoms with Crippen molar-refractivity contribution in [1.82, 2.24) is 4.98 Å². The number of benzene rings is 1. The molecule has 0 aliphatic rings. The molecule has 7 heteroatoms. The average molecular weight is 313 g/mol. The van der Waals surface area contributed by atoms with Gasteiger partial charge in [0.15, 0.2) is 9.84 Å². The number of rotatable bonds is 4. The summed E-state index contributed by atoms with van der Waals surface area (Å²) < 4.78 is 29.6. The van der Waals surface area contributed by atoms with Gasteiger partial charge in [-0.15, -0.1) is 0 Å². The summed E-state index contributed by atoms with van der Waals surface area (Å²) in [6.45, 7) is 0. The lowest BCUT2D eigenvalue weighted by atomic mass is 10.3. The van der Waals surface area contributed by atoms with E-state index in [1.54, 1.807) is 18.2 Å². The third-order valence-electron chi connectivity index (χ3n) is 2.64. The highest BCUT2D eigenvalue weighted by Gasteiger charge is 2.19. The van der Waals surface area contributed by atoms with Crippen LogP contribution >= 0.6 is 11.6 Å². The smallest absolute Gasteiger partial charge is 0.213 e. The SMILES string of the molecule is COc1cccc(CS(=O)(=O)c2ccc(Cl)cc2N)n1. The number of nitrogen functional groups attached to an aromatic ring is 1. The number of ether oxygens (including phenoxy) is 1. The monoisotopic (exact) mass is 312 g/mol. The Morgan fingerprint density at radius 2 is 2.05 bits per heavy atom. The highest BCUT2D eigenvalue weighted by Crippen LogP contribution is 2.25. The van der Waals surface area contributed by atoms with Crippen molar-refractivity contribution < 1.29 is 13.2 Å². The molecule has 0 aliphatic carbocycles. The Morgan fingerprint density at radius 3 is 2.70 bits per heavy atom. The number of hydrogen-bond acceptors (Lipinski definition) is 5. The zero-order valence-electron chi connectivity index (χ0n) is 10.7. The standard InChI is InChI=1S/C13H13ClN2O3S/c1-19-13-4-2-3-10(16-13)8-20(17,18)12-6-5-9(14)7-11(12)15/h2-7H,8,15H2,1H3. The first-order valence-electron chi connectivity index (χ1n) is 5.70. The molecule has 0 amide bonds. The van der Waals surface area contributed by atoms with E-state index in [9.17, 15) is 8.42 Å². The second-order valence-electron chi connectivity index (χ2n) is 4.11. The van der Waals surface area contributed by atoms with Crippen LogP contribution in [0.3, 0.4) is 0 Å². The Bertz CT molecular complexity index is 732. The minimum Gasteiger partial charge on any atom is -0.481 e. The van der Waals surface area contributed by atoms with E-state index >= 15 is 0 Å². The van der Waals surface area contributed by atoms with Gasteiger partial charge in [-0.25, -0.2) is 13.4 Å². The second kappa shape index (κ2) is 5.68. The fraction of sp³-hybridized carbons (Fsp3) is 0.154. The first-order chi connectivity index (χ1) is 9.42. The van der Waals surface area contributed by atoms with Gasteiger partial charge in [0, 0.05) is 11.1 Å². The van der Waals surface area contributed by atoms with Crippen LogP contribution in [0.15, 0.2) is 41.3 Å². The Morgan fingerprint density at radius 1 is 1.30 bits per heavy atom. The van der Waals surface area contributed by atoms with Crippen LogP contribution in [-0.2, 0) is 15.6 Å². The fourth-order valence-corrected chi connectivity index (χ4v) is 3.31. The van der Waals surface area contributed by atoms with Crippen molar-refractivity contribution in [2.45, 2.75) is 10.6 Å². The number of halogens is 1. The van der Waals surface area contributed by atoms with Crippen molar-refractivity contribution in [3.63, 3.8) is 0 Å². The Hall–Kier alpha value is -1.79. The zero-order valence-corrected chi connectivity index (χ0v) is 12.3. The highest BCUT2D eigenvalue weighted by atomic mass is 35.5. The van der Waals surface area contributed by atoms with Crippen LogP contribution in [0.25, 0.3) is 0 Å². The van der Waals surface area contributed by atoms with Crippen LogP contribution < -0.4 is 10.5 Å². The molecule has 0 saturated carbocycles. The number of anilines is 1. The molecule has 0 bridgehead atoms. The van der Waals surface area contributed by atoms with Crippen LogP contribution in [0.4, 0.5) is 5.69 Å². The van der Waals surface area contributed by atoms with Crippen molar-refractivity contribution in [2.24, 2.45) is 0 Å². The average Bonchev–Trinajstić information content (AvgIpc) is 2.37. The summed E-state index contributed by atoms with van der Waals surface area (Å²) in [6, 6.07) is 9.24. The van der Waals surface area contributed by atoms with Gasteiger partial charge in [-0.05, 0) is 24.3 Å². The molecule has 2 aromatic rings. The molecule has 1 aromatic heterocycles. The lowest BCUT2D eigenvalue weighted by Gasteiger charge is -2.08. The number of methoxy groups -OCH3 is 1. The first kappa shape index (κ1) is 14.6. The molecule has 0 fully saturated rings. The third kappa shape index (κ3) is 3.20. The highest BCUT2D eigenvalue weighted by molar-refractivity contribution is 7.90. The van der Waals surface area contributed by atoms with E-state index in [2.05, 4.69) is 4.98 Å². The largest absolute Gasteiger partial charge is 0.481 e. The van der Waals surface area contributed by atoms with Crippen LogP contribution in [-0.4, -0.2) is 20.5 Å². The number of aromatic nitrogens is 1. The summed E-state index contributed by atoms with van der Waals surface area (Å²) in [7, 11) is -2.12. The number of pyridine rings is 1. The molecular weight excluding hydrogens is 300 g/mol. The van der Waals surface area contributed by atoms with E-state index in [0.29, 0.717) is 16.6 Å². The molecule has 0 atom stereocenters. The molecular formula is C13H13ClN2O3S. The van der Waals surface area contributed by atoms with Crippen LogP contribution in [0.2, 0.25) is 5.02 Å². The molecule has 106 valence electrons. The predicted octanol–water partition coefficient (Wildman–Crippen LogP) is 2.30. The van der Waals surface area contributed by atoms with Gasteiger partial charge in [0.25, 0.3) is 0 Å². The van der Waals surface area contributed by atoms with Crippen molar-refractivity contribution >= 4 is 27.1 Å². The predicted molar refractivity (Wildman–Crippen MR) is 77.5 cm³/mol. The van der Waals surface area contributed by atoms with E-state index in [1.165, 1.54) is 25.3 Å². The van der Waals surface area contributed by atoms with Gasteiger partial charge in [0.05, 0.1) is 29.1 Å². The maximum absolute atomic E-state index is 12.3. The van der Waals surface area contributed by atoms with E-state index in [0.717, 1.165) is 0 Å². The van der Waals surface area contributed by atoms with Crippen molar-refractivity contribution in [3.8, 4) is 5.88 Å². The summed E-state index contributed by atoms with van der Waals surface area (Å²) in [4.78, 5) is 4.13. The van der Waals surface area contributed by atoms with E-state index in [4.69, 9.17) is 22.1 Å². The number of hydrogen-bond donors (Lipinski definition) is 1. The lowest BCUT2D eigenvalue weighted by Crippen LogP contribution is -2.09. The van der Waals surface area contributed by atoms with E-state index in [-0.39, 0.29) is 16.3 Å². The topological polar surface area (TPSA) is 82.3 Å². The quantitative estimate of drug-likeness (QED) is 0.876. The van der Waals surface area contributed by atoms with Gasteiger partial charge >= 0.3 is 0 Å². The minimum absolute atomic E-state index is 0.0477. The zero-order chi connectivity index (χ0) is 14.8. The van der Waals surface area contributed by atoms with Gasteiger partial charge in [-0.2, -0.15) is 0 Å². The molecule has 20 heavy (non-hydrogen) atoms. The Kier molecular flexibility index (Phi) is 4.15. The fourth-order valence-electron chi connectivity index (χ4n) is 1.73. The molecule has 2 rings (SSSR count). The summed E-state index contributed by atoms with van der Waals surface area (Å²) in [6.07, 6.45) is 0. The molecule has 2 N–H and O–H groups in total. The molecule has 1 aromatic carbocycles. The van der Waals surface area contributed by atoms with Crippen LogP contribution in [0.1, 0.15) is 5.69 Å². The summed E-state index contributed by atoms with van der Waals surface area (Å²) in [5, 5.41) is 0.390. The normalized spacial score (nSPS) is 11.3. The van der Waals surface area contributed by atoms with Gasteiger partial charge < -0.3 is 10.5 Å². The third-order valence-corrected chi connectivity index (χ3v) is 4.59. The summed E-state index contributed by atoms with van der Waals surface area (Å²) in [5.41, 5.74) is 6.22. The van der Waals surface area contributed by atoms with Crippen molar-refractivity contribution in [3.05, 3.63) is 47.1 Å². The minimum atomic E-state index is -3.59. The Balaban J connectivity index is 2.35. The van der Waals surface area contributed by atoms with E-state index < -0.39 is 9.84 Å². The Labute approximate surface area is 122 Å². The molecule has 0 spiro atoms. The second-order valence-corrected chi connectivity index (χ2v) is 6.51. The number of nitrogens with zero attached hydrogens (tertiary/aromatic N) is 1. The molecule has 5 nitrogen and oxygen atoms in total. The maximum atomic E-state index is 12.3. The van der Waals surface area contributed by atoms with Crippen LogP contribution in [0.5, 0.6) is 5.88 Å². The van der Waals surface area contributed by atoms with E-state index in [1.807, 2.05) is 0 Å². The van der Waals surface area contributed by atoms with Gasteiger partial charge in [-0.1, -0.05) is 17.7 Å². The van der Waals surface area contributed by atoms with Gasteiger partial charge in [0.2, 0.25) is 5.88 Å². The maximum Gasteiger partial charge on any atom is 0.213 e. The van der Waals surface area contributed by atoms with Crippen LogP contribution in [0, 0.1) is 0 Å². The lowest BCUT2D eigenvalue weighted by molar-refractivity contribution is 0.396. The number of sulfone groups is 1. The molecule has 0 aliphatic heterocycles. The van der Waals surface area contributed by atoms with Crippen molar-refractivity contribution in [1.29, 1.82) is 0 Å². The molecule has 0 radical (unpaired) electrons. The van der Waals surface area contributed by atoms with Gasteiger partial charge in [-0.3, -0.25) is 0 Å². The molecule has 0 unspecified atom stereocenters. The van der Waals surface area contributed by atoms with Gasteiger partial charge in [0.1, 0.15) is 0 Å². The molecule has 1 heterocycles.